The van der Waals surface area contributed by atoms with Crippen LogP contribution in [0, 0.1) is 0 Å². The van der Waals surface area contributed by atoms with Gasteiger partial charge in [0, 0.05) is 12.0 Å². The minimum absolute atomic E-state index is 0.0383. The molecule has 1 aliphatic heterocycles. The van der Waals surface area contributed by atoms with E-state index in [1.165, 1.54) is 0 Å². The van der Waals surface area contributed by atoms with Crippen molar-refractivity contribution in [3.63, 3.8) is 0 Å². The topological polar surface area (TPSA) is 99.0 Å². The van der Waals surface area contributed by atoms with E-state index < -0.39 is 10.0 Å². The van der Waals surface area contributed by atoms with Gasteiger partial charge in [0.1, 0.15) is 5.75 Å². The van der Waals surface area contributed by atoms with Gasteiger partial charge in [-0.3, -0.25) is 4.72 Å². The molecule has 0 fully saturated rings. The van der Waals surface area contributed by atoms with E-state index in [2.05, 4.69) is 20.2 Å². The monoisotopic (exact) mass is 385 g/mol. The van der Waals surface area contributed by atoms with Crippen LogP contribution in [-0.2, 0) is 16.4 Å². The normalized spacial score (nSPS) is 13.4. The van der Waals surface area contributed by atoms with Crippen LogP contribution in [0.1, 0.15) is 25.5 Å². The van der Waals surface area contributed by atoms with Crippen LogP contribution in [0.4, 0.5) is 5.69 Å². The fourth-order valence-electron chi connectivity index (χ4n) is 3.02. The highest BCUT2D eigenvalue weighted by atomic mass is 32.2. The minimum atomic E-state index is -3.76. The van der Waals surface area contributed by atoms with Gasteiger partial charge in [-0.2, -0.15) is 0 Å². The number of benzene rings is 2. The van der Waals surface area contributed by atoms with Crippen LogP contribution in [0.5, 0.6) is 5.75 Å². The number of fused-ring (bicyclic) bond motifs is 1. The quantitative estimate of drug-likeness (QED) is 0.725. The fraction of sp³-hybridized carbons (Fsp3) is 0.278. The molecule has 0 radical (unpaired) electrons. The molecular weight excluding hydrogens is 366 g/mol. The van der Waals surface area contributed by atoms with Crippen molar-refractivity contribution >= 4 is 15.7 Å². The predicted molar refractivity (Wildman–Crippen MR) is 100 cm³/mol. The third-order valence-electron chi connectivity index (χ3n) is 4.37. The van der Waals surface area contributed by atoms with E-state index >= 15 is 0 Å². The molecule has 27 heavy (non-hydrogen) atoms. The molecule has 0 atom stereocenters. The molecule has 2 aromatic carbocycles. The third-order valence-corrected chi connectivity index (χ3v) is 5.73. The van der Waals surface area contributed by atoms with Crippen molar-refractivity contribution in [2.75, 3.05) is 11.3 Å². The lowest BCUT2D eigenvalue weighted by Crippen LogP contribution is -2.14. The highest BCUT2D eigenvalue weighted by molar-refractivity contribution is 7.92. The van der Waals surface area contributed by atoms with Crippen LogP contribution < -0.4 is 9.46 Å². The lowest BCUT2D eigenvalue weighted by Gasteiger charge is -2.14. The van der Waals surface area contributed by atoms with Gasteiger partial charge in [0.2, 0.25) is 0 Å². The fourth-order valence-corrected chi connectivity index (χ4v) is 4.15. The maximum atomic E-state index is 12.9. The summed E-state index contributed by atoms with van der Waals surface area (Å²) in [5.74, 6) is 1.25. The lowest BCUT2D eigenvalue weighted by molar-refractivity contribution is 0.356. The summed E-state index contributed by atoms with van der Waals surface area (Å²) in [6, 6.07) is 12.0. The average molecular weight is 385 g/mol. The molecule has 3 aromatic rings. The molecule has 0 aliphatic carbocycles. The van der Waals surface area contributed by atoms with Crippen molar-refractivity contribution in [1.29, 1.82) is 0 Å². The second kappa shape index (κ2) is 6.66. The molecule has 140 valence electrons. The predicted octanol–water partition coefficient (Wildman–Crippen LogP) is 2.66. The Morgan fingerprint density at radius 2 is 2.00 bits per heavy atom. The molecule has 8 nitrogen and oxygen atoms in total. The Morgan fingerprint density at radius 1 is 1.19 bits per heavy atom. The molecular formula is C18H19N5O3S. The Hall–Kier alpha value is -2.94. The zero-order valence-electron chi connectivity index (χ0n) is 15.0. The first-order chi connectivity index (χ1) is 13.0. The smallest absolute Gasteiger partial charge is 0.261 e. The van der Waals surface area contributed by atoms with E-state index in [4.69, 9.17) is 4.74 Å². The Balaban J connectivity index is 1.72. The molecule has 0 spiro atoms. The summed E-state index contributed by atoms with van der Waals surface area (Å²) in [5.41, 5.74) is 1.94. The van der Waals surface area contributed by atoms with Gasteiger partial charge >= 0.3 is 0 Å². The number of tetrazole rings is 1. The van der Waals surface area contributed by atoms with Crippen molar-refractivity contribution < 1.29 is 13.2 Å². The number of anilines is 1. The number of hydrogen-bond donors (Lipinski definition) is 1. The minimum Gasteiger partial charge on any atom is -0.493 e. The highest BCUT2D eigenvalue weighted by Crippen LogP contribution is 2.31. The zero-order chi connectivity index (χ0) is 19.0. The number of para-hydroxylation sites is 1. The van der Waals surface area contributed by atoms with Gasteiger partial charge in [-0.15, -0.1) is 5.10 Å². The van der Waals surface area contributed by atoms with Crippen molar-refractivity contribution in [2.45, 2.75) is 31.2 Å². The standard InChI is InChI=1S/C18H19N5O3S/c1-12(2)23-18(19-21-22-23)15-5-3-4-6-16(15)20-27(24,25)14-7-8-17-13(11-14)9-10-26-17/h3-8,11-12,20H,9-10H2,1-2H3. The zero-order valence-corrected chi connectivity index (χ0v) is 15.8. The van der Waals surface area contributed by atoms with Crippen molar-refractivity contribution in [3.05, 3.63) is 48.0 Å². The van der Waals surface area contributed by atoms with E-state index in [0.717, 1.165) is 11.3 Å². The Morgan fingerprint density at radius 3 is 2.81 bits per heavy atom. The van der Waals surface area contributed by atoms with Crippen LogP contribution in [0.3, 0.4) is 0 Å². The summed E-state index contributed by atoms with van der Waals surface area (Å²) in [6.45, 7) is 4.49. The van der Waals surface area contributed by atoms with Crippen molar-refractivity contribution in [3.8, 4) is 17.1 Å². The summed E-state index contributed by atoms with van der Waals surface area (Å²) >= 11 is 0. The number of ether oxygens (including phenoxy) is 1. The van der Waals surface area contributed by atoms with E-state index in [9.17, 15) is 8.42 Å². The van der Waals surface area contributed by atoms with Gasteiger partial charge in [0.15, 0.2) is 5.82 Å². The van der Waals surface area contributed by atoms with Gasteiger partial charge in [-0.05, 0) is 60.2 Å². The van der Waals surface area contributed by atoms with E-state index in [-0.39, 0.29) is 10.9 Å². The SMILES string of the molecule is CC(C)n1nnnc1-c1ccccc1NS(=O)(=O)c1ccc2c(c1)CCO2. The largest absolute Gasteiger partial charge is 0.493 e. The molecule has 0 saturated carbocycles. The van der Waals surface area contributed by atoms with Crippen molar-refractivity contribution in [1.82, 2.24) is 20.2 Å². The maximum Gasteiger partial charge on any atom is 0.261 e. The van der Waals surface area contributed by atoms with Gasteiger partial charge in [0.25, 0.3) is 10.0 Å². The first-order valence-electron chi connectivity index (χ1n) is 8.61. The molecule has 2 heterocycles. The van der Waals surface area contributed by atoms with Crippen LogP contribution >= 0.6 is 0 Å². The van der Waals surface area contributed by atoms with Crippen LogP contribution in [0.25, 0.3) is 11.4 Å². The van der Waals surface area contributed by atoms with Gasteiger partial charge in [-0.1, -0.05) is 12.1 Å². The summed E-state index contributed by atoms with van der Waals surface area (Å²) < 4.78 is 35.6. The summed E-state index contributed by atoms with van der Waals surface area (Å²) in [4.78, 5) is 0.199. The number of nitrogens with zero attached hydrogens (tertiary/aromatic N) is 4. The van der Waals surface area contributed by atoms with Gasteiger partial charge in [0.05, 0.1) is 23.2 Å². The average Bonchev–Trinajstić information content (AvgIpc) is 3.30. The summed E-state index contributed by atoms with van der Waals surface area (Å²) in [5, 5.41) is 11.8. The highest BCUT2D eigenvalue weighted by Gasteiger charge is 2.22. The molecule has 4 rings (SSSR count). The van der Waals surface area contributed by atoms with Crippen LogP contribution in [0.15, 0.2) is 47.4 Å². The first-order valence-corrected chi connectivity index (χ1v) is 10.1. The molecule has 9 heteroatoms. The Kier molecular flexibility index (Phi) is 4.31. The molecule has 0 saturated heterocycles. The Bertz CT molecular complexity index is 1090. The third kappa shape index (κ3) is 3.25. The van der Waals surface area contributed by atoms with Crippen LogP contribution in [-0.4, -0.2) is 35.2 Å². The second-order valence-corrected chi connectivity index (χ2v) is 8.24. The van der Waals surface area contributed by atoms with Gasteiger partial charge < -0.3 is 4.74 Å². The molecule has 1 N–H and O–H groups in total. The first kappa shape index (κ1) is 17.5. The number of rotatable bonds is 5. The molecule has 0 amide bonds. The van der Waals surface area contributed by atoms with Gasteiger partial charge in [-0.25, -0.2) is 13.1 Å². The molecule has 1 aromatic heterocycles. The molecule has 1 aliphatic rings. The summed E-state index contributed by atoms with van der Waals surface area (Å²) in [6.07, 6.45) is 0.707. The molecule has 0 unspecified atom stereocenters. The summed E-state index contributed by atoms with van der Waals surface area (Å²) in [7, 11) is -3.76. The number of sulfonamides is 1. The van der Waals surface area contributed by atoms with Crippen LogP contribution in [0.2, 0.25) is 0 Å². The Labute approximate surface area is 157 Å². The van der Waals surface area contributed by atoms with E-state index in [1.807, 2.05) is 19.9 Å². The maximum absolute atomic E-state index is 12.9. The van der Waals surface area contributed by atoms with E-state index in [1.54, 1.807) is 41.1 Å². The number of nitrogens with one attached hydrogen (secondary N) is 1. The molecule has 0 bridgehead atoms. The van der Waals surface area contributed by atoms with E-state index in [0.29, 0.717) is 30.1 Å². The number of aromatic nitrogens is 4. The number of hydrogen-bond acceptors (Lipinski definition) is 6. The van der Waals surface area contributed by atoms with Crippen molar-refractivity contribution in [2.24, 2.45) is 0 Å². The second-order valence-electron chi connectivity index (χ2n) is 6.56. The lowest BCUT2D eigenvalue weighted by atomic mass is 10.1.